The molecule has 3 rings (SSSR count). The summed E-state index contributed by atoms with van der Waals surface area (Å²) < 4.78 is 24.0. The van der Waals surface area contributed by atoms with E-state index in [-0.39, 0.29) is 12.1 Å². The van der Waals surface area contributed by atoms with Crippen LogP contribution in [0.2, 0.25) is 0 Å². The van der Waals surface area contributed by atoms with Gasteiger partial charge in [0, 0.05) is 6.42 Å². The Morgan fingerprint density at radius 3 is 2.80 bits per heavy atom. The molecule has 3 atom stereocenters. The monoisotopic (exact) mass is 295 g/mol. The van der Waals surface area contributed by atoms with Crippen LogP contribution in [0.4, 0.5) is 4.79 Å². The summed E-state index contributed by atoms with van der Waals surface area (Å²) in [5.74, 6) is 0. The molecule has 1 heterocycles. The molecule has 1 aromatic carbocycles. The van der Waals surface area contributed by atoms with Crippen molar-refractivity contribution in [2.45, 2.75) is 44.9 Å². The first-order chi connectivity index (χ1) is 9.37. The summed E-state index contributed by atoms with van der Waals surface area (Å²) in [5.41, 5.74) is 1.50. The Bertz CT molecular complexity index is 581. The first-order valence-corrected chi connectivity index (χ1v) is 7.59. The number of benzene rings is 1. The van der Waals surface area contributed by atoms with Crippen molar-refractivity contribution in [3.05, 3.63) is 35.4 Å². The van der Waals surface area contributed by atoms with E-state index in [0.29, 0.717) is 6.42 Å². The second-order valence-electron chi connectivity index (χ2n) is 6.01. The second-order valence-corrected chi connectivity index (χ2v) is 7.03. The average Bonchev–Trinajstić information content (AvgIpc) is 2.80. The van der Waals surface area contributed by atoms with Gasteiger partial charge in [-0.05, 0) is 31.9 Å². The normalized spacial score (nSPS) is 28.1. The largest absolute Gasteiger partial charge is 0.443 e. The first kappa shape index (κ1) is 13.6. The lowest BCUT2D eigenvalue weighted by molar-refractivity contribution is 0.0346. The first-order valence-electron chi connectivity index (χ1n) is 6.56. The average molecular weight is 295 g/mol. The molecule has 1 aromatic rings. The van der Waals surface area contributed by atoms with Gasteiger partial charge in [-0.3, -0.25) is 4.18 Å². The molecule has 0 spiro atoms. The van der Waals surface area contributed by atoms with Gasteiger partial charge in [0.15, 0.2) is 0 Å². The maximum atomic E-state index is 12.3. The van der Waals surface area contributed by atoms with E-state index in [4.69, 9.17) is 8.92 Å². The molecule has 1 aliphatic carbocycles. The quantitative estimate of drug-likeness (QED) is 0.738. The van der Waals surface area contributed by atoms with E-state index < -0.39 is 23.0 Å². The maximum Gasteiger partial charge on any atom is 0.424 e. The van der Waals surface area contributed by atoms with Crippen LogP contribution in [0.5, 0.6) is 0 Å². The van der Waals surface area contributed by atoms with Gasteiger partial charge in [-0.25, -0.2) is 9.00 Å². The van der Waals surface area contributed by atoms with Crippen LogP contribution in [0.3, 0.4) is 0 Å². The zero-order valence-electron chi connectivity index (χ0n) is 11.7. The molecule has 6 heteroatoms. The van der Waals surface area contributed by atoms with Crippen molar-refractivity contribution in [2.75, 3.05) is 0 Å². The highest BCUT2D eigenvalue weighted by molar-refractivity contribution is 7.78. The predicted molar refractivity (Wildman–Crippen MR) is 74.0 cm³/mol. The van der Waals surface area contributed by atoms with Gasteiger partial charge in [0.2, 0.25) is 0 Å². The maximum absolute atomic E-state index is 12.3. The van der Waals surface area contributed by atoms with Gasteiger partial charge >= 0.3 is 6.09 Å². The van der Waals surface area contributed by atoms with Crippen molar-refractivity contribution in [3.63, 3.8) is 0 Å². The highest BCUT2D eigenvalue weighted by Gasteiger charge is 2.50. The Labute approximate surface area is 120 Å². The minimum Gasteiger partial charge on any atom is -0.443 e. The lowest BCUT2D eigenvalue weighted by Gasteiger charge is -2.25. The summed E-state index contributed by atoms with van der Waals surface area (Å²) in [5, 5.41) is 0. The number of fused-ring (bicyclic) bond motifs is 3. The van der Waals surface area contributed by atoms with Crippen molar-refractivity contribution in [1.29, 1.82) is 0 Å². The number of nitrogens with zero attached hydrogens (tertiary/aromatic N) is 1. The summed E-state index contributed by atoms with van der Waals surface area (Å²) in [7, 11) is 0. The van der Waals surface area contributed by atoms with Crippen LogP contribution in [-0.4, -0.2) is 26.3 Å². The molecular weight excluding hydrogens is 278 g/mol. The van der Waals surface area contributed by atoms with Crippen LogP contribution >= 0.6 is 0 Å². The van der Waals surface area contributed by atoms with E-state index in [2.05, 4.69) is 0 Å². The van der Waals surface area contributed by atoms with Crippen LogP contribution in [0.25, 0.3) is 0 Å². The number of carbonyl (C=O) groups is 1. The topological polar surface area (TPSA) is 55.8 Å². The standard InChI is InChI=1S/C14H17NO4S/c1-14(2,3)18-13(16)15-12-10-7-5-4-6-9(10)8-11(12)19-20(15)17/h4-7,11-12H,8H2,1-3H3/t11-,12+,20?/m0/s1. The molecular formula is C14H17NO4S. The Balaban J connectivity index is 1.92. The zero-order chi connectivity index (χ0) is 14.5. The highest BCUT2D eigenvalue weighted by Crippen LogP contribution is 2.44. The fourth-order valence-electron chi connectivity index (χ4n) is 2.63. The molecule has 108 valence electrons. The second kappa shape index (κ2) is 4.56. The molecule has 0 saturated carbocycles. The van der Waals surface area contributed by atoms with E-state index in [9.17, 15) is 9.00 Å². The number of rotatable bonds is 0. The lowest BCUT2D eigenvalue weighted by atomic mass is 10.1. The van der Waals surface area contributed by atoms with E-state index in [1.165, 1.54) is 4.31 Å². The van der Waals surface area contributed by atoms with E-state index in [1.54, 1.807) is 20.8 Å². The minimum atomic E-state index is -1.78. The Morgan fingerprint density at radius 1 is 1.40 bits per heavy atom. The Kier molecular flexibility index (Phi) is 3.10. The van der Waals surface area contributed by atoms with Gasteiger partial charge < -0.3 is 4.74 Å². The number of hydrogen-bond acceptors (Lipinski definition) is 4. The van der Waals surface area contributed by atoms with Gasteiger partial charge in [0.1, 0.15) is 17.7 Å². The molecule has 1 fully saturated rings. The fourth-order valence-corrected chi connectivity index (χ4v) is 3.70. The number of ether oxygens (including phenoxy) is 1. The molecule has 1 saturated heterocycles. The third-order valence-corrected chi connectivity index (χ3v) is 4.45. The summed E-state index contributed by atoms with van der Waals surface area (Å²) in [6.45, 7) is 5.35. The number of amides is 1. The van der Waals surface area contributed by atoms with Crippen LogP contribution in [0, 0.1) is 0 Å². The lowest BCUT2D eigenvalue weighted by Crippen LogP contribution is -2.37. The third kappa shape index (κ3) is 2.23. The third-order valence-electron chi connectivity index (χ3n) is 3.34. The van der Waals surface area contributed by atoms with Crippen LogP contribution in [-0.2, 0) is 26.6 Å². The molecule has 20 heavy (non-hydrogen) atoms. The van der Waals surface area contributed by atoms with E-state index in [0.717, 1.165) is 11.1 Å². The molecule has 0 bridgehead atoms. The molecule has 5 nitrogen and oxygen atoms in total. The predicted octanol–water partition coefficient (Wildman–Crippen LogP) is 2.50. The van der Waals surface area contributed by atoms with Crippen molar-refractivity contribution in [1.82, 2.24) is 4.31 Å². The molecule has 0 aromatic heterocycles. The molecule has 1 aliphatic heterocycles. The number of hydrogen-bond donors (Lipinski definition) is 0. The van der Waals surface area contributed by atoms with Gasteiger partial charge in [-0.1, -0.05) is 24.3 Å². The molecule has 1 amide bonds. The van der Waals surface area contributed by atoms with Crippen LogP contribution in [0.1, 0.15) is 37.9 Å². The zero-order valence-corrected chi connectivity index (χ0v) is 12.5. The molecule has 0 radical (unpaired) electrons. The fraction of sp³-hybridized carbons (Fsp3) is 0.500. The van der Waals surface area contributed by atoms with Crippen molar-refractivity contribution < 1.29 is 17.9 Å². The Hall–Kier alpha value is -1.40. The van der Waals surface area contributed by atoms with Crippen molar-refractivity contribution in [2.24, 2.45) is 0 Å². The minimum absolute atomic E-state index is 0.249. The van der Waals surface area contributed by atoms with E-state index in [1.807, 2.05) is 24.3 Å². The molecule has 2 aliphatic rings. The van der Waals surface area contributed by atoms with Crippen LogP contribution < -0.4 is 0 Å². The summed E-state index contributed by atoms with van der Waals surface area (Å²) in [6, 6.07) is 7.50. The molecule has 0 N–H and O–H groups in total. The summed E-state index contributed by atoms with van der Waals surface area (Å²) in [6.07, 6.45) is -0.174. The van der Waals surface area contributed by atoms with E-state index >= 15 is 0 Å². The van der Waals surface area contributed by atoms with Gasteiger partial charge in [-0.15, -0.1) is 0 Å². The van der Waals surface area contributed by atoms with Gasteiger partial charge in [0.05, 0.1) is 0 Å². The van der Waals surface area contributed by atoms with Gasteiger partial charge in [-0.2, -0.15) is 4.31 Å². The summed E-state index contributed by atoms with van der Waals surface area (Å²) in [4.78, 5) is 12.3. The Morgan fingerprint density at radius 2 is 2.10 bits per heavy atom. The van der Waals surface area contributed by atoms with Crippen molar-refractivity contribution in [3.8, 4) is 0 Å². The van der Waals surface area contributed by atoms with Gasteiger partial charge in [0.25, 0.3) is 11.3 Å². The number of carbonyl (C=O) groups excluding carboxylic acids is 1. The van der Waals surface area contributed by atoms with Crippen LogP contribution in [0.15, 0.2) is 24.3 Å². The highest BCUT2D eigenvalue weighted by atomic mass is 32.2. The molecule has 1 unspecified atom stereocenters. The SMILES string of the molecule is CC(C)(C)OC(=O)N1[C@@H]2c3ccccc3C[C@@H]2OS1=O. The smallest absolute Gasteiger partial charge is 0.424 e. The van der Waals surface area contributed by atoms with Crippen molar-refractivity contribution >= 4 is 17.4 Å². The summed E-state index contributed by atoms with van der Waals surface area (Å²) >= 11 is -1.78.